The van der Waals surface area contributed by atoms with Crippen molar-refractivity contribution in [2.45, 2.75) is 32.4 Å². The number of methoxy groups -OCH3 is 1. The molecule has 0 rings (SSSR count). The topological polar surface area (TPSA) is 108 Å². The van der Waals surface area contributed by atoms with Gasteiger partial charge in [0.05, 0.1) is 6.61 Å². The Morgan fingerprint density at radius 3 is 2.40 bits per heavy atom. The summed E-state index contributed by atoms with van der Waals surface area (Å²) in [6.45, 7) is 3.92. The van der Waals surface area contributed by atoms with Gasteiger partial charge in [0, 0.05) is 20.7 Å². The van der Waals surface area contributed by atoms with Gasteiger partial charge in [-0.25, -0.2) is 9.59 Å². The lowest BCUT2D eigenvalue weighted by Gasteiger charge is -2.25. The Balaban J connectivity index is 4.36. The average molecular weight is 289 g/mol. The molecule has 8 heteroatoms. The minimum absolute atomic E-state index is 0.285. The molecule has 0 fully saturated rings. The third kappa shape index (κ3) is 5.87. The van der Waals surface area contributed by atoms with Gasteiger partial charge in [0.1, 0.15) is 12.1 Å². The Hall–Kier alpha value is -1.83. The molecule has 0 aliphatic heterocycles. The zero-order valence-corrected chi connectivity index (χ0v) is 12.3. The zero-order chi connectivity index (χ0) is 15.7. The van der Waals surface area contributed by atoms with E-state index in [1.165, 1.54) is 21.1 Å². The van der Waals surface area contributed by atoms with Crippen LogP contribution < -0.4 is 10.6 Å². The maximum absolute atomic E-state index is 11.8. The number of rotatable bonds is 8. The van der Waals surface area contributed by atoms with Crippen LogP contribution in [0.1, 0.15) is 20.3 Å². The third-order valence-corrected chi connectivity index (χ3v) is 2.80. The maximum Gasteiger partial charge on any atom is 0.326 e. The smallest absolute Gasteiger partial charge is 0.326 e. The molecule has 8 nitrogen and oxygen atoms in total. The summed E-state index contributed by atoms with van der Waals surface area (Å²) >= 11 is 0. The second kappa shape index (κ2) is 9.13. The van der Waals surface area contributed by atoms with Crippen LogP contribution in [-0.2, 0) is 14.3 Å². The minimum atomic E-state index is -1.08. The zero-order valence-electron chi connectivity index (χ0n) is 12.3. The van der Waals surface area contributed by atoms with Crippen molar-refractivity contribution in [3.05, 3.63) is 0 Å². The Kier molecular flexibility index (Phi) is 8.30. The first-order valence-corrected chi connectivity index (χ1v) is 6.37. The van der Waals surface area contributed by atoms with Crippen LogP contribution in [-0.4, -0.2) is 67.3 Å². The molecule has 0 aromatic rings. The second-order valence-corrected chi connectivity index (χ2v) is 4.33. The van der Waals surface area contributed by atoms with E-state index in [1.807, 2.05) is 0 Å². The Morgan fingerprint density at radius 1 is 1.35 bits per heavy atom. The fourth-order valence-corrected chi connectivity index (χ4v) is 1.54. The van der Waals surface area contributed by atoms with Crippen molar-refractivity contribution in [1.29, 1.82) is 0 Å². The van der Waals surface area contributed by atoms with Crippen LogP contribution in [0.2, 0.25) is 0 Å². The number of ether oxygens (including phenoxy) is 1. The van der Waals surface area contributed by atoms with Crippen molar-refractivity contribution in [2.24, 2.45) is 0 Å². The number of hydrogen-bond donors (Lipinski definition) is 3. The number of urea groups is 1. The monoisotopic (exact) mass is 289 g/mol. The van der Waals surface area contributed by atoms with Gasteiger partial charge in [-0.1, -0.05) is 6.92 Å². The molecule has 0 heterocycles. The van der Waals surface area contributed by atoms with E-state index in [0.29, 0.717) is 13.2 Å². The van der Waals surface area contributed by atoms with E-state index >= 15 is 0 Å². The first-order chi connectivity index (χ1) is 9.34. The Morgan fingerprint density at radius 2 is 1.95 bits per heavy atom. The van der Waals surface area contributed by atoms with Gasteiger partial charge in [0.25, 0.3) is 0 Å². The molecule has 2 atom stereocenters. The third-order valence-electron chi connectivity index (χ3n) is 2.80. The molecule has 0 bridgehead atoms. The van der Waals surface area contributed by atoms with Crippen molar-refractivity contribution in [1.82, 2.24) is 15.5 Å². The van der Waals surface area contributed by atoms with E-state index < -0.39 is 24.1 Å². The number of nitrogens with one attached hydrogen (secondary N) is 2. The molecule has 3 amide bonds. The summed E-state index contributed by atoms with van der Waals surface area (Å²) in [6.07, 6.45) is 0.285. The lowest BCUT2D eigenvalue weighted by molar-refractivity contribution is -0.141. The van der Waals surface area contributed by atoms with E-state index in [9.17, 15) is 14.4 Å². The molecule has 0 radical (unpaired) electrons. The summed E-state index contributed by atoms with van der Waals surface area (Å²) in [5, 5.41) is 14.0. The molecular weight excluding hydrogens is 266 g/mol. The predicted octanol–water partition coefficient (Wildman–Crippen LogP) is -0.358. The standard InChI is InChI=1S/C12H23N3O5/c1-5-9(11(17)18)15(3)12(19)14-8(2)10(16)13-6-7-20-4/h8-9H,5-7H2,1-4H3,(H,13,16)(H,14,19)(H,17,18). The fraction of sp³-hybridized carbons (Fsp3) is 0.750. The highest BCUT2D eigenvalue weighted by atomic mass is 16.5. The molecule has 3 N–H and O–H groups in total. The number of carboxylic acid groups (broad SMARTS) is 1. The second-order valence-electron chi connectivity index (χ2n) is 4.33. The Bertz CT molecular complexity index is 348. The number of carbonyl (C=O) groups is 3. The summed E-state index contributed by atoms with van der Waals surface area (Å²) in [7, 11) is 2.90. The van der Waals surface area contributed by atoms with Crippen molar-refractivity contribution < 1.29 is 24.2 Å². The molecule has 20 heavy (non-hydrogen) atoms. The fourth-order valence-electron chi connectivity index (χ4n) is 1.54. The van der Waals surface area contributed by atoms with Gasteiger partial charge in [-0.05, 0) is 13.3 Å². The predicted molar refractivity (Wildman–Crippen MR) is 72.4 cm³/mol. The van der Waals surface area contributed by atoms with Crippen LogP contribution >= 0.6 is 0 Å². The number of nitrogens with zero attached hydrogens (tertiary/aromatic N) is 1. The van der Waals surface area contributed by atoms with Crippen LogP contribution in [0.15, 0.2) is 0 Å². The lowest BCUT2D eigenvalue weighted by Crippen LogP contribution is -2.53. The van der Waals surface area contributed by atoms with Gasteiger partial charge in [0.15, 0.2) is 0 Å². The minimum Gasteiger partial charge on any atom is -0.480 e. The van der Waals surface area contributed by atoms with Crippen molar-refractivity contribution in [2.75, 3.05) is 27.3 Å². The van der Waals surface area contributed by atoms with E-state index in [2.05, 4.69) is 10.6 Å². The van der Waals surface area contributed by atoms with Crippen molar-refractivity contribution in [3.8, 4) is 0 Å². The van der Waals surface area contributed by atoms with Gasteiger partial charge in [-0.2, -0.15) is 0 Å². The maximum atomic E-state index is 11.8. The molecule has 116 valence electrons. The van der Waals surface area contributed by atoms with E-state index in [0.717, 1.165) is 4.90 Å². The van der Waals surface area contributed by atoms with E-state index in [-0.39, 0.29) is 12.3 Å². The average Bonchev–Trinajstić information content (AvgIpc) is 2.38. The summed E-state index contributed by atoms with van der Waals surface area (Å²) in [4.78, 5) is 35.5. The number of likely N-dealkylation sites (N-methyl/N-ethyl adjacent to an activating group) is 1. The molecule has 0 aromatic carbocycles. The van der Waals surface area contributed by atoms with Gasteiger partial charge < -0.3 is 25.4 Å². The first-order valence-electron chi connectivity index (χ1n) is 6.37. The quantitative estimate of drug-likeness (QED) is 0.529. The molecule has 0 spiro atoms. The van der Waals surface area contributed by atoms with Gasteiger partial charge in [0.2, 0.25) is 5.91 Å². The highest BCUT2D eigenvalue weighted by Crippen LogP contribution is 2.02. The summed E-state index contributed by atoms with van der Waals surface area (Å²) in [6, 6.07) is -2.28. The van der Waals surface area contributed by atoms with Crippen LogP contribution in [0.4, 0.5) is 4.79 Å². The number of aliphatic carboxylic acids is 1. The molecule has 2 unspecified atom stereocenters. The van der Waals surface area contributed by atoms with Crippen LogP contribution in [0, 0.1) is 0 Å². The van der Waals surface area contributed by atoms with E-state index in [4.69, 9.17) is 9.84 Å². The largest absolute Gasteiger partial charge is 0.480 e. The van der Waals surface area contributed by atoms with Crippen molar-refractivity contribution in [3.63, 3.8) is 0 Å². The lowest BCUT2D eigenvalue weighted by atomic mass is 10.2. The first kappa shape index (κ1) is 18.2. The van der Waals surface area contributed by atoms with Crippen LogP contribution in [0.5, 0.6) is 0 Å². The summed E-state index contributed by atoms with van der Waals surface area (Å²) < 4.78 is 4.79. The number of amides is 3. The highest BCUT2D eigenvalue weighted by Gasteiger charge is 2.26. The summed E-state index contributed by atoms with van der Waals surface area (Å²) in [5.41, 5.74) is 0. The molecule has 0 aliphatic rings. The van der Waals surface area contributed by atoms with Crippen LogP contribution in [0.3, 0.4) is 0 Å². The molecule has 0 aromatic heterocycles. The number of carboxylic acids is 1. The SMILES string of the molecule is CCC(C(=O)O)N(C)C(=O)NC(C)C(=O)NCCOC. The van der Waals surface area contributed by atoms with E-state index in [1.54, 1.807) is 6.92 Å². The van der Waals surface area contributed by atoms with Crippen LogP contribution in [0.25, 0.3) is 0 Å². The molecule has 0 saturated heterocycles. The number of carbonyl (C=O) groups excluding carboxylic acids is 2. The highest BCUT2D eigenvalue weighted by molar-refractivity contribution is 5.88. The molecule has 0 aliphatic carbocycles. The molecule has 0 saturated carbocycles. The van der Waals surface area contributed by atoms with Gasteiger partial charge in [-0.3, -0.25) is 4.79 Å². The Labute approximate surface area is 118 Å². The molecular formula is C12H23N3O5. The van der Waals surface area contributed by atoms with Gasteiger partial charge >= 0.3 is 12.0 Å². The van der Waals surface area contributed by atoms with Crippen molar-refractivity contribution >= 4 is 17.9 Å². The number of hydrogen-bond acceptors (Lipinski definition) is 4. The normalized spacial score (nSPS) is 13.2. The summed E-state index contributed by atoms with van der Waals surface area (Å²) in [5.74, 6) is -1.44. The van der Waals surface area contributed by atoms with Gasteiger partial charge in [-0.15, -0.1) is 0 Å².